The molecule has 23 heavy (non-hydrogen) atoms. The van der Waals surface area contributed by atoms with Crippen molar-refractivity contribution in [3.05, 3.63) is 24.3 Å². The molecule has 1 amide bonds. The van der Waals surface area contributed by atoms with Crippen LogP contribution in [-0.2, 0) is 14.8 Å². The molecule has 1 rings (SSSR count). The van der Waals surface area contributed by atoms with Gasteiger partial charge in [0.15, 0.2) is 0 Å². The molecule has 6 nitrogen and oxygen atoms in total. The number of ether oxygens (including phenoxy) is 1. The molecule has 0 aliphatic rings. The summed E-state index contributed by atoms with van der Waals surface area (Å²) in [5.41, 5.74) is 0.517. The SMILES string of the molecule is CCC(CC)C(=O)NCCN(c1cccc(OC)c1)S(C)(=O)=O. The summed E-state index contributed by atoms with van der Waals surface area (Å²) in [6.45, 7) is 4.37. The molecular weight excluding hydrogens is 316 g/mol. The van der Waals surface area contributed by atoms with Crippen molar-refractivity contribution in [3.63, 3.8) is 0 Å². The van der Waals surface area contributed by atoms with E-state index in [9.17, 15) is 13.2 Å². The van der Waals surface area contributed by atoms with E-state index >= 15 is 0 Å². The van der Waals surface area contributed by atoms with Crippen molar-refractivity contribution in [1.82, 2.24) is 5.32 Å². The van der Waals surface area contributed by atoms with E-state index in [0.717, 1.165) is 19.1 Å². The minimum Gasteiger partial charge on any atom is -0.497 e. The topological polar surface area (TPSA) is 75.7 Å². The van der Waals surface area contributed by atoms with Crippen LogP contribution in [0.3, 0.4) is 0 Å². The fourth-order valence-corrected chi connectivity index (χ4v) is 3.26. The number of benzene rings is 1. The number of anilines is 1. The molecule has 1 aromatic rings. The van der Waals surface area contributed by atoms with Gasteiger partial charge in [-0.3, -0.25) is 9.10 Å². The summed E-state index contributed by atoms with van der Waals surface area (Å²) in [5, 5.41) is 2.81. The van der Waals surface area contributed by atoms with E-state index in [1.54, 1.807) is 24.3 Å². The van der Waals surface area contributed by atoms with Crippen LogP contribution in [0.5, 0.6) is 5.75 Å². The molecule has 0 saturated heterocycles. The minimum absolute atomic E-state index is 0.0292. The average Bonchev–Trinajstić information content (AvgIpc) is 2.51. The van der Waals surface area contributed by atoms with Gasteiger partial charge in [0.1, 0.15) is 5.75 Å². The van der Waals surface area contributed by atoms with Crippen LogP contribution in [0.1, 0.15) is 26.7 Å². The second-order valence-corrected chi connectivity index (χ2v) is 7.25. The number of methoxy groups -OCH3 is 1. The second kappa shape index (κ2) is 8.76. The first kappa shape index (κ1) is 19.3. The van der Waals surface area contributed by atoms with Crippen molar-refractivity contribution in [2.45, 2.75) is 26.7 Å². The summed E-state index contributed by atoms with van der Waals surface area (Å²) in [7, 11) is -1.92. The lowest BCUT2D eigenvalue weighted by Gasteiger charge is -2.23. The van der Waals surface area contributed by atoms with E-state index in [1.807, 2.05) is 13.8 Å². The molecule has 0 bridgehead atoms. The molecule has 0 saturated carbocycles. The number of sulfonamides is 1. The lowest BCUT2D eigenvalue weighted by Crippen LogP contribution is -2.39. The van der Waals surface area contributed by atoms with Gasteiger partial charge in [0, 0.05) is 18.5 Å². The number of hydrogen-bond donors (Lipinski definition) is 1. The van der Waals surface area contributed by atoms with Gasteiger partial charge in [-0.15, -0.1) is 0 Å². The van der Waals surface area contributed by atoms with E-state index in [0.29, 0.717) is 11.4 Å². The Balaban J connectivity index is 2.79. The number of nitrogens with zero attached hydrogens (tertiary/aromatic N) is 1. The monoisotopic (exact) mass is 342 g/mol. The third kappa shape index (κ3) is 5.74. The second-order valence-electron chi connectivity index (χ2n) is 5.34. The van der Waals surface area contributed by atoms with E-state index < -0.39 is 10.0 Å². The van der Waals surface area contributed by atoms with Crippen LogP contribution in [0.4, 0.5) is 5.69 Å². The van der Waals surface area contributed by atoms with Crippen LogP contribution in [0, 0.1) is 5.92 Å². The van der Waals surface area contributed by atoms with Crippen LogP contribution in [0.25, 0.3) is 0 Å². The maximum atomic E-state index is 12.0. The first-order valence-corrected chi connectivity index (χ1v) is 9.57. The summed E-state index contributed by atoms with van der Waals surface area (Å²) in [6, 6.07) is 6.84. The highest BCUT2D eigenvalue weighted by atomic mass is 32.2. The quantitative estimate of drug-likeness (QED) is 0.745. The van der Waals surface area contributed by atoms with Crippen LogP contribution < -0.4 is 14.4 Å². The first-order valence-electron chi connectivity index (χ1n) is 7.72. The summed E-state index contributed by atoms with van der Waals surface area (Å²) < 4.78 is 30.4. The number of rotatable bonds is 9. The standard InChI is InChI=1S/C16H26N2O4S/c1-5-13(6-2)16(19)17-10-11-18(23(4,20)21)14-8-7-9-15(12-14)22-3/h7-9,12-13H,5-6,10-11H2,1-4H3,(H,17,19). The number of amides is 1. The molecule has 0 aliphatic heterocycles. The lowest BCUT2D eigenvalue weighted by atomic mass is 10.0. The first-order chi connectivity index (χ1) is 10.8. The fourth-order valence-electron chi connectivity index (χ4n) is 2.34. The van der Waals surface area contributed by atoms with E-state index in [-0.39, 0.29) is 24.9 Å². The molecule has 0 fully saturated rings. The molecule has 7 heteroatoms. The number of hydrogen-bond acceptors (Lipinski definition) is 4. The molecular formula is C16H26N2O4S. The normalized spacial score (nSPS) is 11.3. The summed E-state index contributed by atoms with van der Waals surface area (Å²) in [4.78, 5) is 12.0. The molecule has 0 heterocycles. The van der Waals surface area contributed by atoms with Crippen molar-refractivity contribution in [1.29, 1.82) is 0 Å². The van der Waals surface area contributed by atoms with Gasteiger partial charge < -0.3 is 10.1 Å². The van der Waals surface area contributed by atoms with Gasteiger partial charge >= 0.3 is 0 Å². The molecule has 0 atom stereocenters. The van der Waals surface area contributed by atoms with Crippen LogP contribution in [-0.4, -0.2) is 40.8 Å². The fraction of sp³-hybridized carbons (Fsp3) is 0.562. The van der Waals surface area contributed by atoms with Crippen molar-refractivity contribution < 1.29 is 17.9 Å². The smallest absolute Gasteiger partial charge is 0.232 e. The van der Waals surface area contributed by atoms with Crippen molar-refractivity contribution in [2.75, 3.05) is 30.8 Å². The van der Waals surface area contributed by atoms with E-state index in [4.69, 9.17) is 4.74 Å². The summed E-state index contributed by atoms with van der Waals surface area (Å²) in [6.07, 6.45) is 2.69. The zero-order chi connectivity index (χ0) is 17.5. The highest BCUT2D eigenvalue weighted by Crippen LogP contribution is 2.22. The van der Waals surface area contributed by atoms with Gasteiger partial charge in [0.2, 0.25) is 15.9 Å². The maximum Gasteiger partial charge on any atom is 0.232 e. The average molecular weight is 342 g/mol. The Morgan fingerprint density at radius 1 is 1.30 bits per heavy atom. The zero-order valence-corrected chi connectivity index (χ0v) is 15.0. The van der Waals surface area contributed by atoms with Gasteiger partial charge in [0.25, 0.3) is 0 Å². The number of carbonyl (C=O) groups excluding carboxylic acids is 1. The van der Waals surface area contributed by atoms with Crippen molar-refractivity contribution in [3.8, 4) is 5.75 Å². The third-order valence-electron chi connectivity index (χ3n) is 3.71. The lowest BCUT2D eigenvalue weighted by molar-refractivity contribution is -0.125. The zero-order valence-electron chi connectivity index (χ0n) is 14.2. The highest BCUT2D eigenvalue weighted by molar-refractivity contribution is 7.92. The number of carbonyl (C=O) groups is 1. The Bertz CT molecular complexity index is 612. The predicted octanol–water partition coefficient (Wildman–Crippen LogP) is 2.01. The largest absolute Gasteiger partial charge is 0.497 e. The highest BCUT2D eigenvalue weighted by Gasteiger charge is 2.19. The summed E-state index contributed by atoms with van der Waals surface area (Å²) >= 11 is 0. The molecule has 0 spiro atoms. The number of nitrogens with one attached hydrogen (secondary N) is 1. The Morgan fingerprint density at radius 3 is 2.48 bits per heavy atom. The van der Waals surface area contributed by atoms with Gasteiger partial charge in [-0.2, -0.15) is 0 Å². The van der Waals surface area contributed by atoms with Crippen LogP contribution in [0.15, 0.2) is 24.3 Å². The molecule has 0 aliphatic carbocycles. The van der Waals surface area contributed by atoms with E-state index in [2.05, 4.69) is 5.32 Å². The Morgan fingerprint density at radius 2 is 1.96 bits per heavy atom. The minimum atomic E-state index is -3.45. The van der Waals surface area contributed by atoms with Gasteiger partial charge in [-0.05, 0) is 25.0 Å². The predicted molar refractivity (Wildman–Crippen MR) is 92.3 cm³/mol. The Labute approximate surface area is 138 Å². The maximum absolute atomic E-state index is 12.0. The van der Waals surface area contributed by atoms with Gasteiger partial charge in [-0.1, -0.05) is 19.9 Å². The summed E-state index contributed by atoms with van der Waals surface area (Å²) in [5.74, 6) is 0.518. The Hall–Kier alpha value is -1.76. The molecule has 0 aromatic heterocycles. The van der Waals surface area contributed by atoms with E-state index in [1.165, 1.54) is 11.4 Å². The molecule has 1 N–H and O–H groups in total. The van der Waals surface area contributed by atoms with Gasteiger partial charge in [-0.25, -0.2) is 8.42 Å². The van der Waals surface area contributed by atoms with Crippen molar-refractivity contribution >= 4 is 21.6 Å². The Kier molecular flexibility index (Phi) is 7.35. The van der Waals surface area contributed by atoms with Gasteiger partial charge in [0.05, 0.1) is 25.6 Å². The molecule has 130 valence electrons. The van der Waals surface area contributed by atoms with Crippen LogP contribution in [0.2, 0.25) is 0 Å². The van der Waals surface area contributed by atoms with Crippen molar-refractivity contribution in [2.24, 2.45) is 5.92 Å². The third-order valence-corrected chi connectivity index (χ3v) is 4.91. The molecule has 0 unspecified atom stereocenters. The molecule has 0 radical (unpaired) electrons. The molecule has 1 aromatic carbocycles. The van der Waals surface area contributed by atoms with Crippen LogP contribution >= 0.6 is 0 Å².